The first-order valence-electron chi connectivity index (χ1n) is 10.9. The minimum atomic E-state index is -0.312. The van der Waals surface area contributed by atoms with Crippen LogP contribution in [-0.4, -0.2) is 33.3 Å². The molecule has 0 saturated heterocycles. The minimum absolute atomic E-state index is 0.121. The molecule has 0 saturated carbocycles. The molecule has 2 N–H and O–H groups in total. The fourth-order valence-electron chi connectivity index (χ4n) is 4.19. The molecule has 3 rings (SSSR count). The van der Waals surface area contributed by atoms with Crippen LogP contribution in [0.15, 0.2) is 29.1 Å². The lowest BCUT2D eigenvalue weighted by Gasteiger charge is -2.19. The highest BCUT2D eigenvalue weighted by Gasteiger charge is 2.29. The topological polar surface area (TPSA) is 85.9 Å². The summed E-state index contributed by atoms with van der Waals surface area (Å²) < 4.78 is 17.0. The van der Waals surface area contributed by atoms with E-state index in [2.05, 4.69) is 17.6 Å². The normalized spacial score (nSPS) is 15.5. The Morgan fingerprint density at radius 3 is 2.44 bits per heavy atom. The van der Waals surface area contributed by atoms with E-state index in [1.54, 1.807) is 27.4 Å². The van der Waals surface area contributed by atoms with Crippen molar-refractivity contribution in [3.63, 3.8) is 0 Å². The zero-order valence-corrected chi connectivity index (χ0v) is 19.6. The van der Waals surface area contributed by atoms with Crippen LogP contribution in [0.5, 0.6) is 17.2 Å². The molecule has 2 atom stereocenters. The van der Waals surface area contributed by atoms with Crippen molar-refractivity contribution >= 4 is 11.6 Å². The highest BCUT2D eigenvalue weighted by Crippen LogP contribution is 2.50. The molecule has 1 aliphatic carbocycles. The van der Waals surface area contributed by atoms with Gasteiger partial charge in [0.25, 0.3) is 0 Å². The van der Waals surface area contributed by atoms with E-state index in [-0.39, 0.29) is 23.4 Å². The van der Waals surface area contributed by atoms with Gasteiger partial charge in [-0.2, -0.15) is 0 Å². The van der Waals surface area contributed by atoms with Crippen molar-refractivity contribution < 1.29 is 19.0 Å². The SMILES string of the molecule is CCC(C)Nc1ccc2c(cc1=O)C(NC(C)=O)CCc1cc(OC)c(OC)c(OC)c1-2. The molecule has 0 heterocycles. The molecule has 32 heavy (non-hydrogen) atoms. The fourth-order valence-corrected chi connectivity index (χ4v) is 4.19. The molecule has 0 aromatic heterocycles. The second-order valence-corrected chi connectivity index (χ2v) is 8.05. The number of benzene rings is 1. The third-order valence-electron chi connectivity index (χ3n) is 5.93. The van der Waals surface area contributed by atoms with Gasteiger partial charge in [0.05, 0.1) is 33.1 Å². The maximum atomic E-state index is 13.1. The van der Waals surface area contributed by atoms with Gasteiger partial charge in [-0.15, -0.1) is 0 Å². The van der Waals surface area contributed by atoms with Crippen LogP contribution in [0.25, 0.3) is 11.1 Å². The second-order valence-electron chi connectivity index (χ2n) is 8.05. The lowest BCUT2D eigenvalue weighted by Crippen LogP contribution is -2.26. The standard InChI is InChI=1S/C25H32N2O5/c1-7-14(2)26-20-11-9-17-18(13-21(20)29)19(27-15(3)28)10-8-16-12-22(30-4)24(31-5)25(32-6)23(16)17/h9,11-14,19H,7-8,10H2,1-6H3,(H,26,29)(H,27,28). The van der Waals surface area contributed by atoms with Crippen LogP contribution < -0.4 is 30.3 Å². The van der Waals surface area contributed by atoms with Crippen LogP contribution in [0.4, 0.5) is 5.69 Å². The van der Waals surface area contributed by atoms with E-state index < -0.39 is 0 Å². The summed E-state index contributed by atoms with van der Waals surface area (Å²) in [5.41, 5.74) is 3.83. The van der Waals surface area contributed by atoms with Crippen LogP contribution in [0.1, 0.15) is 50.8 Å². The van der Waals surface area contributed by atoms with Gasteiger partial charge in [-0.1, -0.05) is 13.0 Å². The Kier molecular flexibility index (Phi) is 7.28. The first kappa shape index (κ1) is 23.4. The van der Waals surface area contributed by atoms with Crippen molar-refractivity contribution in [2.24, 2.45) is 0 Å². The number of rotatable bonds is 7. The summed E-state index contributed by atoms with van der Waals surface area (Å²) in [5.74, 6) is 1.46. The molecular formula is C25H32N2O5. The van der Waals surface area contributed by atoms with Crippen LogP contribution >= 0.6 is 0 Å². The molecule has 7 heteroatoms. The van der Waals surface area contributed by atoms with Crippen LogP contribution in [-0.2, 0) is 11.2 Å². The Balaban J connectivity index is 2.36. The van der Waals surface area contributed by atoms with Gasteiger partial charge >= 0.3 is 0 Å². The quantitative estimate of drug-likeness (QED) is 0.675. The number of carbonyl (C=O) groups is 1. The Morgan fingerprint density at radius 1 is 1.12 bits per heavy atom. The molecule has 0 radical (unpaired) electrons. The first-order chi connectivity index (χ1) is 15.3. The molecule has 7 nitrogen and oxygen atoms in total. The summed E-state index contributed by atoms with van der Waals surface area (Å²) in [6.07, 6.45) is 2.19. The van der Waals surface area contributed by atoms with E-state index in [9.17, 15) is 9.59 Å². The van der Waals surface area contributed by atoms with E-state index in [4.69, 9.17) is 14.2 Å². The number of amides is 1. The molecule has 2 unspecified atom stereocenters. The Bertz CT molecular complexity index is 1070. The number of aryl methyl sites for hydroxylation is 1. The lowest BCUT2D eigenvalue weighted by molar-refractivity contribution is -0.119. The van der Waals surface area contributed by atoms with Crippen molar-refractivity contribution in [3.05, 3.63) is 45.6 Å². The Labute approximate surface area is 189 Å². The summed E-state index contributed by atoms with van der Waals surface area (Å²) in [4.78, 5) is 25.1. The zero-order chi connectivity index (χ0) is 23.4. The number of hydrogen-bond donors (Lipinski definition) is 2. The zero-order valence-electron chi connectivity index (χ0n) is 19.6. The average molecular weight is 441 g/mol. The summed E-state index contributed by atoms with van der Waals surface area (Å²) in [6.45, 7) is 5.59. The van der Waals surface area contributed by atoms with Gasteiger partial charge in [0.15, 0.2) is 11.5 Å². The predicted octanol–water partition coefficient (Wildman–Crippen LogP) is 4.07. The van der Waals surface area contributed by atoms with E-state index in [0.29, 0.717) is 35.8 Å². The third kappa shape index (κ3) is 4.52. The van der Waals surface area contributed by atoms with E-state index in [0.717, 1.165) is 28.7 Å². The molecule has 0 bridgehead atoms. The van der Waals surface area contributed by atoms with Gasteiger partial charge in [-0.05, 0) is 61.1 Å². The summed E-state index contributed by atoms with van der Waals surface area (Å²) in [7, 11) is 4.75. The number of hydrogen-bond acceptors (Lipinski definition) is 6. The number of ether oxygens (including phenoxy) is 3. The fraction of sp³-hybridized carbons (Fsp3) is 0.440. The molecule has 2 aromatic rings. The summed E-state index contributed by atoms with van der Waals surface area (Å²) in [6, 6.07) is 7.15. The Morgan fingerprint density at radius 2 is 1.84 bits per heavy atom. The first-order valence-corrected chi connectivity index (χ1v) is 10.9. The lowest BCUT2D eigenvalue weighted by atomic mass is 9.95. The summed E-state index contributed by atoms with van der Waals surface area (Å²) in [5, 5.41) is 6.31. The van der Waals surface area contributed by atoms with Crippen molar-refractivity contribution in [2.45, 2.75) is 52.1 Å². The predicted molar refractivity (Wildman–Crippen MR) is 126 cm³/mol. The molecular weight excluding hydrogens is 408 g/mol. The summed E-state index contributed by atoms with van der Waals surface area (Å²) >= 11 is 0. The Hall–Kier alpha value is -3.22. The number of anilines is 1. The maximum Gasteiger partial charge on any atom is 0.217 e. The molecule has 1 aliphatic rings. The highest BCUT2D eigenvalue weighted by molar-refractivity contribution is 5.83. The number of carbonyl (C=O) groups excluding carboxylic acids is 1. The van der Waals surface area contributed by atoms with Crippen LogP contribution in [0.2, 0.25) is 0 Å². The van der Waals surface area contributed by atoms with Crippen molar-refractivity contribution in [2.75, 3.05) is 26.6 Å². The van der Waals surface area contributed by atoms with Gasteiger partial charge in [-0.25, -0.2) is 0 Å². The van der Waals surface area contributed by atoms with E-state index >= 15 is 0 Å². The van der Waals surface area contributed by atoms with Gasteiger partial charge in [0, 0.05) is 18.5 Å². The third-order valence-corrected chi connectivity index (χ3v) is 5.93. The number of nitrogens with one attached hydrogen (secondary N) is 2. The van der Waals surface area contributed by atoms with Crippen molar-refractivity contribution in [3.8, 4) is 28.4 Å². The average Bonchev–Trinajstić information content (AvgIpc) is 3.01. The maximum absolute atomic E-state index is 13.1. The van der Waals surface area contributed by atoms with Crippen LogP contribution in [0, 0.1) is 0 Å². The number of methoxy groups -OCH3 is 3. The van der Waals surface area contributed by atoms with E-state index in [1.165, 1.54) is 6.92 Å². The molecule has 172 valence electrons. The second kappa shape index (κ2) is 9.94. The largest absolute Gasteiger partial charge is 0.493 e. The molecule has 0 aliphatic heterocycles. The highest BCUT2D eigenvalue weighted by atomic mass is 16.5. The monoisotopic (exact) mass is 440 g/mol. The van der Waals surface area contributed by atoms with Gasteiger partial charge in [0.1, 0.15) is 0 Å². The molecule has 1 amide bonds. The molecule has 2 aromatic carbocycles. The smallest absolute Gasteiger partial charge is 0.217 e. The molecule has 0 fully saturated rings. The minimum Gasteiger partial charge on any atom is -0.493 e. The van der Waals surface area contributed by atoms with Crippen molar-refractivity contribution in [1.82, 2.24) is 5.32 Å². The van der Waals surface area contributed by atoms with Crippen LogP contribution in [0.3, 0.4) is 0 Å². The van der Waals surface area contributed by atoms with Gasteiger partial charge in [0.2, 0.25) is 17.1 Å². The molecule has 0 spiro atoms. The van der Waals surface area contributed by atoms with Gasteiger partial charge < -0.3 is 24.8 Å². The van der Waals surface area contributed by atoms with Crippen molar-refractivity contribution in [1.29, 1.82) is 0 Å². The number of fused-ring (bicyclic) bond motifs is 3. The van der Waals surface area contributed by atoms with Gasteiger partial charge in [-0.3, -0.25) is 9.59 Å². The van der Waals surface area contributed by atoms with E-state index in [1.807, 2.05) is 25.1 Å².